The molecule has 1 N–H and O–H groups in total. The van der Waals surface area contributed by atoms with E-state index in [9.17, 15) is 0 Å². The molecule has 2 heterocycles. The van der Waals surface area contributed by atoms with Gasteiger partial charge in [-0.1, -0.05) is 51.1 Å². The molecule has 0 unspecified atom stereocenters. The first kappa shape index (κ1) is 18.2. The first-order chi connectivity index (χ1) is 11.9. The molecule has 4 nitrogen and oxygen atoms in total. The van der Waals surface area contributed by atoms with Crippen LogP contribution in [0.1, 0.15) is 69.8 Å². The van der Waals surface area contributed by atoms with Gasteiger partial charge in [-0.15, -0.1) is 0 Å². The number of aromatic nitrogens is 1. The van der Waals surface area contributed by atoms with E-state index >= 15 is 0 Å². The quantitative estimate of drug-likeness (QED) is 0.820. The summed E-state index contributed by atoms with van der Waals surface area (Å²) >= 11 is 0. The minimum atomic E-state index is -0.0228. The van der Waals surface area contributed by atoms with E-state index in [2.05, 4.69) is 68.3 Å². The molecule has 25 heavy (non-hydrogen) atoms. The second-order valence-electron chi connectivity index (χ2n) is 8.13. The van der Waals surface area contributed by atoms with Crippen LogP contribution in [0, 0.1) is 5.92 Å². The smallest absolute Gasteiger partial charge is 0.211 e. The van der Waals surface area contributed by atoms with Gasteiger partial charge >= 0.3 is 0 Å². The SMILES string of the molecule is C[C@H](N[C@@H](C[C@H]1CCOC1)c1ccccc1)c1ncc(C(C)(C)C)o1. The zero-order valence-corrected chi connectivity index (χ0v) is 15.8. The van der Waals surface area contributed by atoms with E-state index < -0.39 is 0 Å². The Morgan fingerprint density at radius 2 is 2.00 bits per heavy atom. The molecule has 1 saturated heterocycles. The van der Waals surface area contributed by atoms with Gasteiger partial charge in [0.25, 0.3) is 0 Å². The van der Waals surface area contributed by atoms with Gasteiger partial charge in [-0.3, -0.25) is 5.32 Å². The van der Waals surface area contributed by atoms with Gasteiger partial charge in [0.15, 0.2) is 0 Å². The van der Waals surface area contributed by atoms with Crippen LogP contribution in [0.25, 0.3) is 0 Å². The van der Waals surface area contributed by atoms with Gasteiger partial charge in [0.1, 0.15) is 5.76 Å². The zero-order valence-electron chi connectivity index (χ0n) is 15.8. The number of rotatable bonds is 6. The third-order valence-electron chi connectivity index (χ3n) is 4.88. The summed E-state index contributed by atoms with van der Waals surface area (Å²) < 4.78 is 11.6. The minimum Gasteiger partial charge on any atom is -0.443 e. The highest BCUT2D eigenvalue weighted by Crippen LogP contribution is 2.30. The van der Waals surface area contributed by atoms with Crippen LogP contribution in [0.15, 0.2) is 40.9 Å². The fourth-order valence-electron chi connectivity index (χ4n) is 3.30. The molecule has 3 rings (SSSR count). The van der Waals surface area contributed by atoms with Crippen molar-refractivity contribution in [2.45, 2.75) is 58.0 Å². The number of hydrogen-bond donors (Lipinski definition) is 1. The normalized spacial score (nSPS) is 20.6. The molecule has 0 aliphatic carbocycles. The van der Waals surface area contributed by atoms with Gasteiger partial charge in [-0.2, -0.15) is 0 Å². The molecule has 136 valence electrons. The van der Waals surface area contributed by atoms with Gasteiger partial charge < -0.3 is 9.15 Å². The van der Waals surface area contributed by atoms with Crippen LogP contribution < -0.4 is 5.32 Å². The summed E-state index contributed by atoms with van der Waals surface area (Å²) in [6, 6.07) is 11.0. The van der Waals surface area contributed by atoms with Crippen molar-refractivity contribution in [3.8, 4) is 0 Å². The lowest BCUT2D eigenvalue weighted by Gasteiger charge is -2.25. The van der Waals surface area contributed by atoms with E-state index in [0.29, 0.717) is 5.92 Å². The summed E-state index contributed by atoms with van der Waals surface area (Å²) in [5, 5.41) is 3.73. The standard InChI is InChI=1S/C21H30N2O2/c1-15(20-22-13-19(25-20)21(2,3)4)23-18(12-16-10-11-24-14-16)17-8-6-5-7-9-17/h5-9,13,15-16,18,23H,10-12,14H2,1-4H3/t15-,16+,18-/m0/s1. The summed E-state index contributed by atoms with van der Waals surface area (Å²) in [5.41, 5.74) is 1.29. The van der Waals surface area contributed by atoms with Crippen LogP contribution in [-0.4, -0.2) is 18.2 Å². The first-order valence-corrected chi connectivity index (χ1v) is 9.28. The van der Waals surface area contributed by atoms with E-state index in [0.717, 1.165) is 37.7 Å². The van der Waals surface area contributed by atoms with Gasteiger partial charge in [0, 0.05) is 24.7 Å². The molecule has 0 bridgehead atoms. The number of benzene rings is 1. The van der Waals surface area contributed by atoms with Crippen LogP contribution >= 0.6 is 0 Å². The Balaban J connectivity index is 1.73. The average molecular weight is 342 g/mol. The highest BCUT2D eigenvalue weighted by atomic mass is 16.5. The third kappa shape index (κ3) is 4.71. The summed E-state index contributed by atoms with van der Waals surface area (Å²) in [7, 11) is 0. The Labute approximate surface area is 151 Å². The van der Waals surface area contributed by atoms with Gasteiger partial charge in [0.2, 0.25) is 5.89 Å². The van der Waals surface area contributed by atoms with Crippen molar-refractivity contribution in [2.24, 2.45) is 5.92 Å². The molecule has 0 radical (unpaired) electrons. The predicted molar refractivity (Wildman–Crippen MR) is 99.5 cm³/mol. The lowest BCUT2D eigenvalue weighted by atomic mass is 9.93. The minimum absolute atomic E-state index is 0.0228. The molecule has 1 aliphatic rings. The number of oxazole rings is 1. The van der Waals surface area contributed by atoms with E-state index in [1.165, 1.54) is 5.56 Å². The molecular weight excluding hydrogens is 312 g/mol. The van der Waals surface area contributed by atoms with Gasteiger partial charge in [0.05, 0.1) is 12.2 Å². The van der Waals surface area contributed by atoms with E-state index in [4.69, 9.17) is 9.15 Å². The summed E-state index contributed by atoms with van der Waals surface area (Å²) in [5.74, 6) is 2.30. The zero-order chi connectivity index (χ0) is 17.9. The van der Waals surface area contributed by atoms with Crippen molar-refractivity contribution >= 4 is 0 Å². The molecule has 4 heteroatoms. The van der Waals surface area contributed by atoms with Gasteiger partial charge in [-0.25, -0.2) is 4.98 Å². The number of nitrogens with one attached hydrogen (secondary N) is 1. The molecule has 2 aromatic rings. The molecular formula is C21H30N2O2. The maximum atomic E-state index is 6.02. The number of nitrogens with zero attached hydrogens (tertiary/aromatic N) is 1. The van der Waals surface area contributed by atoms with E-state index in [1.807, 2.05) is 6.20 Å². The lowest BCUT2D eigenvalue weighted by molar-refractivity contribution is 0.180. The fourth-order valence-corrected chi connectivity index (χ4v) is 3.30. The molecule has 0 saturated carbocycles. The maximum absolute atomic E-state index is 6.02. The average Bonchev–Trinajstić information content (AvgIpc) is 3.26. The van der Waals surface area contributed by atoms with Crippen molar-refractivity contribution < 1.29 is 9.15 Å². The topological polar surface area (TPSA) is 47.3 Å². The second kappa shape index (κ2) is 7.71. The molecule has 1 aromatic heterocycles. The van der Waals surface area contributed by atoms with Crippen molar-refractivity contribution in [3.63, 3.8) is 0 Å². The molecule has 1 aliphatic heterocycles. The first-order valence-electron chi connectivity index (χ1n) is 9.28. The largest absolute Gasteiger partial charge is 0.443 e. The summed E-state index contributed by atoms with van der Waals surface area (Å²) in [4.78, 5) is 4.51. The number of hydrogen-bond acceptors (Lipinski definition) is 4. The van der Waals surface area contributed by atoms with Crippen LogP contribution in [0.2, 0.25) is 0 Å². The van der Waals surface area contributed by atoms with Crippen molar-refractivity contribution in [2.75, 3.05) is 13.2 Å². The predicted octanol–water partition coefficient (Wildman–Crippen LogP) is 4.79. The Hall–Kier alpha value is -1.65. The summed E-state index contributed by atoms with van der Waals surface area (Å²) in [6.45, 7) is 10.3. The Morgan fingerprint density at radius 1 is 1.24 bits per heavy atom. The van der Waals surface area contributed by atoms with Crippen molar-refractivity contribution in [1.82, 2.24) is 10.3 Å². The van der Waals surface area contributed by atoms with Crippen LogP contribution in [-0.2, 0) is 10.2 Å². The van der Waals surface area contributed by atoms with Crippen LogP contribution in [0.4, 0.5) is 0 Å². The summed E-state index contributed by atoms with van der Waals surface area (Å²) in [6.07, 6.45) is 4.07. The highest BCUT2D eigenvalue weighted by Gasteiger charge is 2.26. The van der Waals surface area contributed by atoms with Crippen LogP contribution in [0.3, 0.4) is 0 Å². The lowest BCUT2D eigenvalue weighted by Crippen LogP contribution is -2.27. The highest BCUT2D eigenvalue weighted by molar-refractivity contribution is 5.19. The van der Waals surface area contributed by atoms with Crippen molar-refractivity contribution in [3.05, 3.63) is 53.7 Å². The Bertz CT molecular complexity index is 654. The number of ether oxygens (including phenoxy) is 1. The van der Waals surface area contributed by atoms with Gasteiger partial charge in [-0.05, 0) is 31.2 Å². The van der Waals surface area contributed by atoms with E-state index in [-0.39, 0.29) is 17.5 Å². The fraction of sp³-hybridized carbons (Fsp3) is 0.571. The van der Waals surface area contributed by atoms with Crippen LogP contribution in [0.5, 0.6) is 0 Å². The maximum Gasteiger partial charge on any atom is 0.211 e. The Morgan fingerprint density at radius 3 is 2.60 bits per heavy atom. The second-order valence-corrected chi connectivity index (χ2v) is 8.13. The molecule has 0 spiro atoms. The van der Waals surface area contributed by atoms with Crippen molar-refractivity contribution in [1.29, 1.82) is 0 Å². The Kier molecular flexibility index (Phi) is 5.60. The molecule has 0 amide bonds. The van der Waals surface area contributed by atoms with E-state index in [1.54, 1.807) is 0 Å². The molecule has 1 aromatic carbocycles. The molecule has 3 atom stereocenters. The monoisotopic (exact) mass is 342 g/mol. The third-order valence-corrected chi connectivity index (χ3v) is 4.88. The molecule has 1 fully saturated rings.